The summed E-state index contributed by atoms with van der Waals surface area (Å²) in [6.07, 6.45) is 0.368. The van der Waals surface area contributed by atoms with Gasteiger partial charge in [0.1, 0.15) is 0 Å². The number of rotatable bonds is 5. The second kappa shape index (κ2) is 5.63. The highest BCUT2D eigenvalue weighted by atomic mass is 16.1. The number of amides is 1. The molecule has 19 heavy (non-hydrogen) atoms. The Kier molecular flexibility index (Phi) is 3.93. The molecule has 0 spiro atoms. The van der Waals surface area contributed by atoms with Crippen molar-refractivity contribution in [1.29, 1.82) is 5.26 Å². The summed E-state index contributed by atoms with van der Waals surface area (Å²) in [5, 5.41) is 11.2. The van der Waals surface area contributed by atoms with Crippen molar-refractivity contribution in [2.24, 2.45) is 0 Å². The normalized spacial score (nSPS) is 13.0. The van der Waals surface area contributed by atoms with Crippen molar-refractivity contribution in [3.8, 4) is 6.07 Å². The third kappa shape index (κ3) is 3.39. The number of carbonyl (C=O) groups excluding carboxylic acids is 2. The lowest BCUT2D eigenvalue weighted by Gasteiger charge is -2.15. The van der Waals surface area contributed by atoms with Crippen LogP contribution >= 0.6 is 0 Å². The molecule has 0 radical (unpaired) electrons. The molecule has 5 nitrogen and oxygen atoms in total. The zero-order valence-corrected chi connectivity index (χ0v) is 10.8. The largest absolute Gasteiger partial charge is 0.326 e. The first-order valence-electron chi connectivity index (χ1n) is 6.07. The molecule has 0 aliphatic carbocycles. The Hall–Kier alpha value is -2.19. The van der Waals surface area contributed by atoms with E-state index in [1.165, 1.54) is 0 Å². The maximum atomic E-state index is 11.4. The molecule has 0 atom stereocenters. The molecule has 0 saturated carbocycles. The first-order valence-corrected chi connectivity index (χ1v) is 6.07. The lowest BCUT2D eigenvalue weighted by molar-refractivity contribution is -0.119. The third-order valence-electron chi connectivity index (χ3n) is 2.97. The summed E-state index contributed by atoms with van der Waals surface area (Å²) >= 11 is 0. The highest BCUT2D eigenvalue weighted by molar-refractivity contribution is 5.99. The summed E-state index contributed by atoms with van der Waals surface area (Å²) in [4.78, 5) is 24.5. The average molecular weight is 257 g/mol. The molecule has 0 aromatic heterocycles. The van der Waals surface area contributed by atoms with Crippen LogP contribution in [0, 0.1) is 11.3 Å². The monoisotopic (exact) mass is 257 g/mol. The van der Waals surface area contributed by atoms with Gasteiger partial charge in [-0.2, -0.15) is 5.26 Å². The fourth-order valence-electron chi connectivity index (χ4n) is 2.19. The van der Waals surface area contributed by atoms with Gasteiger partial charge in [0.05, 0.1) is 25.5 Å². The van der Waals surface area contributed by atoms with Gasteiger partial charge in [-0.15, -0.1) is 0 Å². The number of anilines is 1. The smallest absolute Gasteiger partial charge is 0.228 e. The highest BCUT2D eigenvalue weighted by Crippen LogP contribution is 2.24. The Bertz CT molecular complexity index is 560. The van der Waals surface area contributed by atoms with Crippen molar-refractivity contribution < 1.29 is 9.59 Å². The number of likely N-dealkylation sites (N-methyl/N-ethyl adjacent to an activating group) is 1. The molecule has 1 aliphatic heterocycles. The minimum Gasteiger partial charge on any atom is -0.326 e. The maximum Gasteiger partial charge on any atom is 0.228 e. The number of nitrogens with one attached hydrogen (secondary N) is 1. The summed E-state index contributed by atoms with van der Waals surface area (Å²) in [5.74, 6) is -0.0623. The first-order chi connectivity index (χ1) is 9.08. The topological polar surface area (TPSA) is 73.2 Å². The van der Waals surface area contributed by atoms with Gasteiger partial charge in [-0.1, -0.05) is 12.1 Å². The number of nitrogens with zero attached hydrogens (tertiary/aromatic N) is 2. The van der Waals surface area contributed by atoms with E-state index in [0.717, 1.165) is 16.8 Å². The molecule has 98 valence electrons. The van der Waals surface area contributed by atoms with Gasteiger partial charge >= 0.3 is 0 Å². The van der Waals surface area contributed by atoms with Crippen LogP contribution in [0.15, 0.2) is 18.2 Å². The van der Waals surface area contributed by atoms with E-state index in [1.54, 1.807) is 0 Å². The second-order valence-electron chi connectivity index (χ2n) is 4.76. The maximum absolute atomic E-state index is 11.4. The van der Waals surface area contributed by atoms with E-state index in [9.17, 15) is 9.59 Å². The van der Waals surface area contributed by atoms with E-state index in [1.807, 2.05) is 36.2 Å². The number of benzene rings is 1. The Balaban J connectivity index is 1.97. The summed E-state index contributed by atoms with van der Waals surface area (Å²) in [7, 11) is 1.84. The lowest BCUT2D eigenvalue weighted by atomic mass is 10.1. The second-order valence-corrected chi connectivity index (χ2v) is 4.76. The number of ketones is 1. The summed E-state index contributed by atoms with van der Waals surface area (Å²) < 4.78 is 0. The third-order valence-corrected chi connectivity index (χ3v) is 2.97. The number of carbonyl (C=O) groups is 2. The average Bonchev–Trinajstić information content (AvgIpc) is 2.68. The quantitative estimate of drug-likeness (QED) is 0.857. The van der Waals surface area contributed by atoms with Crippen LogP contribution in [0.5, 0.6) is 0 Å². The molecular weight excluding hydrogens is 242 g/mol. The van der Waals surface area contributed by atoms with E-state index in [2.05, 4.69) is 5.32 Å². The van der Waals surface area contributed by atoms with Crippen LogP contribution in [-0.4, -0.2) is 30.2 Å². The molecule has 0 bridgehead atoms. The zero-order chi connectivity index (χ0) is 13.8. The van der Waals surface area contributed by atoms with Gasteiger partial charge in [0.15, 0.2) is 5.78 Å². The number of hydrogen-bond donors (Lipinski definition) is 1. The standard InChI is InChI=1S/C14H15N3O2/c1-17(9-12(18)4-5-15)8-10-2-3-13-11(6-10)7-14(19)16-13/h2-3,6H,4,7-9H2,1H3,(H,16,19). The SMILES string of the molecule is CN(CC(=O)CC#N)Cc1ccc2c(c1)CC(=O)N2. The van der Waals surface area contributed by atoms with Gasteiger partial charge in [0, 0.05) is 12.2 Å². The first kappa shape index (κ1) is 13.2. The molecule has 5 heteroatoms. The molecular formula is C14H15N3O2. The Labute approximate surface area is 111 Å². The van der Waals surface area contributed by atoms with Gasteiger partial charge in [-0.05, 0) is 24.2 Å². The Morgan fingerprint density at radius 2 is 2.32 bits per heavy atom. The van der Waals surface area contributed by atoms with Crippen LogP contribution in [0.3, 0.4) is 0 Å². The molecule has 0 fully saturated rings. The molecule has 0 saturated heterocycles. The van der Waals surface area contributed by atoms with Crippen molar-refractivity contribution in [2.45, 2.75) is 19.4 Å². The van der Waals surface area contributed by atoms with Crippen molar-refractivity contribution in [3.05, 3.63) is 29.3 Å². The van der Waals surface area contributed by atoms with Gasteiger partial charge in [-0.3, -0.25) is 14.5 Å². The minimum atomic E-state index is -0.0806. The molecule has 1 aromatic carbocycles. The van der Waals surface area contributed by atoms with Crippen LogP contribution in [0.4, 0.5) is 5.69 Å². The van der Waals surface area contributed by atoms with Crippen molar-refractivity contribution in [3.63, 3.8) is 0 Å². The van der Waals surface area contributed by atoms with E-state index in [-0.39, 0.29) is 24.7 Å². The van der Waals surface area contributed by atoms with Crippen LogP contribution in [-0.2, 0) is 22.6 Å². The van der Waals surface area contributed by atoms with Crippen molar-refractivity contribution in [2.75, 3.05) is 18.9 Å². The van der Waals surface area contributed by atoms with E-state index in [4.69, 9.17) is 5.26 Å². The molecule has 1 amide bonds. The predicted octanol–water partition coefficient (Wildman–Crippen LogP) is 1.10. The molecule has 1 heterocycles. The van der Waals surface area contributed by atoms with Gasteiger partial charge in [0.2, 0.25) is 5.91 Å². The van der Waals surface area contributed by atoms with Crippen molar-refractivity contribution >= 4 is 17.4 Å². The fraction of sp³-hybridized carbons (Fsp3) is 0.357. The van der Waals surface area contributed by atoms with Crippen LogP contribution in [0.2, 0.25) is 0 Å². The van der Waals surface area contributed by atoms with Crippen LogP contribution < -0.4 is 5.32 Å². The van der Waals surface area contributed by atoms with E-state index in [0.29, 0.717) is 13.0 Å². The summed E-state index contributed by atoms with van der Waals surface area (Å²) in [5.41, 5.74) is 2.93. The molecule has 1 N–H and O–H groups in total. The molecule has 0 unspecified atom stereocenters. The zero-order valence-electron chi connectivity index (χ0n) is 10.8. The number of hydrogen-bond acceptors (Lipinski definition) is 4. The van der Waals surface area contributed by atoms with Crippen molar-refractivity contribution in [1.82, 2.24) is 4.90 Å². The minimum absolute atomic E-state index is 0.0182. The summed E-state index contributed by atoms with van der Waals surface area (Å²) in [6, 6.07) is 7.67. The predicted molar refractivity (Wildman–Crippen MR) is 70.3 cm³/mol. The number of fused-ring (bicyclic) bond motifs is 1. The van der Waals surface area contributed by atoms with Gasteiger partial charge in [-0.25, -0.2) is 0 Å². The lowest BCUT2D eigenvalue weighted by Crippen LogP contribution is -2.25. The van der Waals surface area contributed by atoms with Crippen LogP contribution in [0.25, 0.3) is 0 Å². The Morgan fingerprint density at radius 1 is 1.53 bits per heavy atom. The molecule has 2 rings (SSSR count). The highest BCUT2D eigenvalue weighted by Gasteiger charge is 2.17. The summed E-state index contributed by atoms with van der Waals surface area (Å²) in [6.45, 7) is 0.889. The van der Waals surface area contributed by atoms with Crippen LogP contribution in [0.1, 0.15) is 17.5 Å². The van der Waals surface area contributed by atoms with Gasteiger partial charge < -0.3 is 5.32 Å². The molecule has 1 aliphatic rings. The van der Waals surface area contributed by atoms with E-state index >= 15 is 0 Å². The number of nitriles is 1. The fourth-order valence-corrected chi connectivity index (χ4v) is 2.19. The van der Waals surface area contributed by atoms with Gasteiger partial charge in [0.25, 0.3) is 0 Å². The van der Waals surface area contributed by atoms with E-state index < -0.39 is 0 Å². The Morgan fingerprint density at radius 3 is 3.05 bits per heavy atom. The molecule has 1 aromatic rings. The number of Topliss-reactive ketones (excluding diaryl/α,β-unsaturated/α-hetero) is 1.